The molecule has 0 unspecified atom stereocenters. The number of thiazole rings is 1. The van der Waals surface area contributed by atoms with Crippen molar-refractivity contribution in [3.63, 3.8) is 0 Å². The molecule has 2 heterocycles. The van der Waals surface area contributed by atoms with Crippen molar-refractivity contribution in [3.8, 4) is 0 Å². The van der Waals surface area contributed by atoms with E-state index < -0.39 is 0 Å². The molecule has 0 radical (unpaired) electrons. The summed E-state index contributed by atoms with van der Waals surface area (Å²) in [6, 6.07) is 0. The highest BCUT2D eigenvalue weighted by atomic mass is 32.2. The first kappa shape index (κ1) is 16.5. The summed E-state index contributed by atoms with van der Waals surface area (Å²) >= 11 is 3.48. The molecule has 0 saturated heterocycles. The Morgan fingerprint density at radius 3 is 2.62 bits per heavy atom. The van der Waals surface area contributed by atoms with E-state index in [0.717, 1.165) is 34.8 Å². The van der Waals surface area contributed by atoms with Crippen LogP contribution in [0.2, 0.25) is 0 Å². The van der Waals surface area contributed by atoms with Crippen molar-refractivity contribution in [1.29, 1.82) is 0 Å². The topological polar surface area (TPSA) is 43.6 Å². The molecule has 2 aromatic rings. The lowest BCUT2D eigenvalue weighted by Gasteiger charge is -2.05. The van der Waals surface area contributed by atoms with Crippen LogP contribution in [0.1, 0.15) is 56.6 Å². The average molecular weight is 325 g/mol. The zero-order valence-corrected chi connectivity index (χ0v) is 15.1. The molecule has 2 rings (SSSR count). The van der Waals surface area contributed by atoms with Gasteiger partial charge in [-0.3, -0.25) is 0 Å². The maximum atomic E-state index is 4.71. The lowest BCUT2D eigenvalue weighted by molar-refractivity contribution is 0.585. The van der Waals surface area contributed by atoms with E-state index in [4.69, 9.17) is 4.98 Å². The van der Waals surface area contributed by atoms with Gasteiger partial charge >= 0.3 is 0 Å². The van der Waals surface area contributed by atoms with Gasteiger partial charge in [0.25, 0.3) is 0 Å². The molecule has 0 aliphatic rings. The Hall–Kier alpha value is -0.880. The van der Waals surface area contributed by atoms with Gasteiger partial charge in [0.15, 0.2) is 5.16 Å². The fourth-order valence-corrected chi connectivity index (χ4v) is 3.77. The van der Waals surface area contributed by atoms with Crippen LogP contribution >= 0.6 is 23.1 Å². The van der Waals surface area contributed by atoms with Gasteiger partial charge in [-0.05, 0) is 18.8 Å². The molecule has 116 valence electrons. The zero-order chi connectivity index (χ0) is 15.4. The van der Waals surface area contributed by atoms with Gasteiger partial charge < -0.3 is 4.57 Å². The van der Waals surface area contributed by atoms with Crippen LogP contribution in [0, 0.1) is 5.92 Å². The van der Waals surface area contributed by atoms with E-state index in [-0.39, 0.29) is 0 Å². The summed E-state index contributed by atoms with van der Waals surface area (Å²) in [7, 11) is 2.03. The van der Waals surface area contributed by atoms with Crippen LogP contribution in [0.15, 0.2) is 10.5 Å². The number of aromatic nitrogens is 4. The number of hydrogen-bond donors (Lipinski definition) is 0. The minimum Gasteiger partial charge on any atom is -0.309 e. The molecule has 21 heavy (non-hydrogen) atoms. The molecular formula is C15H24N4S2. The van der Waals surface area contributed by atoms with Crippen molar-refractivity contribution in [1.82, 2.24) is 19.7 Å². The fraction of sp³-hybridized carbons (Fsp3) is 0.667. The van der Waals surface area contributed by atoms with Crippen LogP contribution < -0.4 is 0 Å². The van der Waals surface area contributed by atoms with Crippen LogP contribution in [-0.2, 0) is 19.2 Å². The maximum Gasteiger partial charge on any atom is 0.191 e. The van der Waals surface area contributed by atoms with Crippen molar-refractivity contribution >= 4 is 23.1 Å². The summed E-state index contributed by atoms with van der Waals surface area (Å²) in [5.41, 5.74) is 1.15. The molecule has 0 N–H and O–H groups in total. The number of aryl methyl sites for hydroxylation is 1. The Bertz CT molecular complexity index is 572. The SMILES string of the molecule is CC(C)CCc1nc(CSc2nnc(C(C)C)n2C)cs1. The molecule has 0 bridgehead atoms. The van der Waals surface area contributed by atoms with E-state index in [9.17, 15) is 0 Å². The second-order valence-electron chi connectivity index (χ2n) is 6.01. The van der Waals surface area contributed by atoms with Gasteiger partial charge in [0.2, 0.25) is 0 Å². The van der Waals surface area contributed by atoms with Crippen molar-refractivity contribution < 1.29 is 0 Å². The highest BCUT2D eigenvalue weighted by Crippen LogP contribution is 2.24. The molecule has 0 saturated carbocycles. The molecule has 4 nitrogen and oxygen atoms in total. The molecule has 2 aromatic heterocycles. The summed E-state index contributed by atoms with van der Waals surface area (Å²) in [5.74, 6) is 3.04. The Labute approximate surface area is 135 Å². The normalized spacial score (nSPS) is 11.8. The summed E-state index contributed by atoms with van der Waals surface area (Å²) < 4.78 is 2.08. The fourth-order valence-electron chi connectivity index (χ4n) is 2.04. The van der Waals surface area contributed by atoms with E-state index in [2.05, 4.69) is 47.8 Å². The number of hydrogen-bond acceptors (Lipinski definition) is 5. The predicted octanol–water partition coefficient (Wildman–Crippen LogP) is 4.28. The summed E-state index contributed by atoms with van der Waals surface area (Å²) in [6.07, 6.45) is 2.30. The molecular weight excluding hydrogens is 300 g/mol. The molecule has 0 aromatic carbocycles. The molecule has 0 spiro atoms. The molecule has 0 atom stereocenters. The second kappa shape index (κ2) is 7.40. The van der Waals surface area contributed by atoms with Gasteiger partial charge in [-0.1, -0.05) is 39.5 Å². The van der Waals surface area contributed by atoms with Crippen molar-refractivity contribution in [2.24, 2.45) is 13.0 Å². The Morgan fingerprint density at radius 2 is 2.00 bits per heavy atom. The highest BCUT2D eigenvalue weighted by molar-refractivity contribution is 7.98. The molecule has 0 aliphatic carbocycles. The van der Waals surface area contributed by atoms with E-state index in [1.807, 2.05) is 7.05 Å². The van der Waals surface area contributed by atoms with Crippen LogP contribution in [0.25, 0.3) is 0 Å². The number of thioether (sulfide) groups is 1. The van der Waals surface area contributed by atoms with Crippen LogP contribution in [0.3, 0.4) is 0 Å². The summed E-state index contributed by atoms with van der Waals surface area (Å²) in [5, 5.41) is 12.9. The second-order valence-corrected chi connectivity index (χ2v) is 7.89. The molecule has 0 amide bonds. The maximum absolute atomic E-state index is 4.71. The third-order valence-electron chi connectivity index (χ3n) is 3.27. The quantitative estimate of drug-likeness (QED) is 0.713. The largest absolute Gasteiger partial charge is 0.309 e. The highest BCUT2D eigenvalue weighted by Gasteiger charge is 2.13. The van der Waals surface area contributed by atoms with Crippen molar-refractivity contribution in [3.05, 3.63) is 21.9 Å². The smallest absolute Gasteiger partial charge is 0.191 e. The lowest BCUT2D eigenvalue weighted by Crippen LogP contribution is -2.00. The van der Waals surface area contributed by atoms with Gasteiger partial charge in [0, 0.05) is 24.1 Å². The van der Waals surface area contributed by atoms with E-state index in [1.165, 1.54) is 11.4 Å². The first-order valence-electron chi connectivity index (χ1n) is 7.42. The summed E-state index contributed by atoms with van der Waals surface area (Å²) in [4.78, 5) is 4.71. The van der Waals surface area contributed by atoms with Gasteiger partial charge in [-0.25, -0.2) is 4.98 Å². The monoisotopic (exact) mass is 324 g/mol. The Balaban J connectivity index is 1.91. The zero-order valence-electron chi connectivity index (χ0n) is 13.5. The van der Waals surface area contributed by atoms with E-state index in [1.54, 1.807) is 23.1 Å². The van der Waals surface area contributed by atoms with Crippen LogP contribution in [0.4, 0.5) is 0 Å². The van der Waals surface area contributed by atoms with Gasteiger partial charge in [-0.15, -0.1) is 21.5 Å². The van der Waals surface area contributed by atoms with Crippen LogP contribution in [0.5, 0.6) is 0 Å². The van der Waals surface area contributed by atoms with Gasteiger partial charge in [0.1, 0.15) is 5.82 Å². The molecule has 0 aliphatic heterocycles. The first-order valence-corrected chi connectivity index (χ1v) is 9.29. The summed E-state index contributed by atoms with van der Waals surface area (Å²) in [6.45, 7) is 8.79. The van der Waals surface area contributed by atoms with Gasteiger partial charge in [-0.2, -0.15) is 0 Å². The van der Waals surface area contributed by atoms with Crippen molar-refractivity contribution in [2.45, 2.75) is 57.4 Å². The number of rotatable bonds is 7. The minimum atomic E-state index is 0.402. The van der Waals surface area contributed by atoms with Crippen LogP contribution in [-0.4, -0.2) is 19.7 Å². The van der Waals surface area contributed by atoms with Crippen molar-refractivity contribution in [2.75, 3.05) is 0 Å². The van der Waals surface area contributed by atoms with E-state index in [0.29, 0.717) is 5.92 Å². The third kappa shape index (κ3) is 4.54. The molecule has 6 heteroatoms. The Morgan fingerprint density at radius 1 is 1.24 bits per heavy atom. The number of nitrogens with zero attached hydrogens (tertiary/aromatic N) is 4. The predicted molar refractivity (Wildman–Crippen MR) is 89.9 cm³/mol. The molecule has 0 fully saturated rings. The standard InChI is InChI=1S/C15H24N4S2/c1-10(2)6-7-13-16-12(8-20-13)9-21-15-18-17-14(11(3)4)19(15)5/h8,10-11H,6-7,9H2,1-5H3. The lowest BCUT2D eigenvalue weighted by atomic mass is 10.1. The van der Waals surface area contributed by atoms with E-state index >= 15 is 0 Å². The van der Waals surface area contributed by atoms with Gasteiger partial charge in [0.05, 0.1) is 10.7 Å². The minimum absolute atomic E-state index is 0.402. The Kier molecular flexibility index (Phi) is 5.81. The third-order valence-corrected chi connectivity index (χ3v) is 5.28. The average Bonchev–Trinajstić information content (AvgIpc) is 3.01. The first-order chi connectivity index (χ1) is 9.97.